The van der Waals surface area contributed by atoms with Crippen LogP contribution in [0.3, 0.4) is 0 Å². The fraction of sp³-hybridized carbons (Fsp3) is 0.667. The molecule has 0 saturated heterocycles. The van der Waals surface area contributed by atoms with Crippen LogP contribution in [0, 0.1) is 0 Å². The second-order valence-corrected chi connectivity index (χ2v) is 2.59. The first kappa shape index (κ1) is 14.4. The summed E-state index contributed by atoms with van der Waals surface area (Å²) in [5, 5.41) is 0. The van der Waals surface area contributed by atoms with Gasteiger partial charge in [0.15, 0.2) is 0 Å². The maximum atomic E-state index is 10.6. The summed E-state index contributed by atoms with van der Waals surface area (Å²) in [6, 6.07) is 0. The van der Waals surface area contributed by atoms with Crippen LogP contribution in [0.5, 0.6) is 0 Å². The maximum absolute atomic E-state index is 10.6. The predicted molar refractivity (Wildman–Crippen MR) is 45.3 cm³/mol. The molecule has 1 unspecified atom stereocenters. The molecular weight excluding hydrogens is 205 g/mol. The molecule has 0 aliphatic carbocycles. The van der Waals surface area contributed by atoms with E-state index in [-0.39, 0.29) is 31.6 Å². The van der Waals surface area contributed by atoms with Gasteiger partial charge in [0.05, 0.1) is 6.10 Å². The molecule has 12 heavy (non-hydrogen) atoms. The monoisotopic (exact) mass is 220 g/mol. The molecule has 0 aromatic rings. The van der Waals surface area contributed by atoms with E-state index >= 15 is 0 Å². The number of carbonyl (C=O) groups is 1. The molecule has 0 spiro atoms. The van der Waals surface area contributed by atoms with Crippen LogP contribution < -0.4 is 0 Å². The number of hydrogen-bond acceptors (Lipinski definition) is 2. The molecule has 0 fully saturated rings. The molecule has 0 bridgehead atoms. The Labute approximate surface area is 87.1 Å². The van der Waals surface area contributed by atoms with Gasteiger partial charge in [0, 0.05) is 25.6 Å². The zero-order valence-corrected chi connectivity index (χ0v) is 11.0. The Hall–Kier alpha value is -0.167. The van der Waals surface area contributed by atoms with Crippen LogP contribution in [0.25, 0.3) is 0 Å². The molecule has 0 saturated carbocycles. The Morgan fingerprint density at radius 3 is 2.67 bits per heavy atom. The van der Waals surface area contributed by atoms with Crippen molar-refractivity contribution in [3.05, 3.63) is 12.7 Å². The van der Waals surface area contributed by atoms with E-state index in [2.05, 4.69) is 13.5 Å². The Morgan fingerprint density at radius 2 is 2.25 bits per heavy atom. The van der Waals surface area contributed by atoms with Crippen LogP contribution in [-0.2, 0) is 29.0 Å². The molecule has 0 aliphatic heterocycles. The Kier molecular flexibility index (Phi) is 10.7. The van der Waals surface area contributed by atoms with Crippen molar-refractivity contribution in [3.63, 3.8) is 0 Å². The van der Waals surface area contributed by atoms with Crippen LogP contribution in [-0.4, -0.2) is 12.1 Å². The SMILES string of the molecule is C=CC(=O)OC(C)CCCC.[Zn]. The minimum absolute atomic E-state index is 0. The smallest absolute Gasteiger partial charge is 0.330 e. The fourth-order valence-electron chi connectivity index (χ4n) is 0.797. The molecule has 0 amide bonds. The zero-order valence-electron chi connectivity index (χ0n) is 8.01. The molecule has 0 aliphatic rings. The van der Waals surface area contributed by atoms with Gasteiger partial charge in [-0.15, -0.1) is 0 Å². The average molecular weight is 222 g/mol. The van der Waals surface area contributed by atoms with Crippen molar-refractivity contribution < 1.29 is 29.0 Å². The standard InChI is InChI=1S/C9H16O2.Zn/c1-4-6-7-8(3)11-9(10)5-2;/h5,8H,2,4,6-7H2,1,3H3;. The normalized spacial score (nSPS) is 11.2. The third-order valence-electron chi connectivity index (χ3n) is 1.45. The summed E-state index contributed by atoms with van der Waals surface area (Å²) in [6.45, 7) is 7.33. The van der Waals surface area contributed by atoms with Crippen molar-refractivity contribution in [3.8, 4) is 0 Å². The Bertz CT molecular complexity index is 134. The van der Waals surface area contributed by atoms with E-state index in [1.54, 1.807) is 0 Å². The summed E-state index contributed by atoms with van der Waals surface area (Å²) in [5.41, 5.74) is 0. The Balaban J connectivity index is 0. The first-order chi connectivity index (χ1) is 5.20. The van der Waals surface area contributed by atoms with Crippen molar-refractivity contribution in [2.75, 3.05) is 0 Å². The molecule has 66 valence electrons. The fourth-order valence-corrected chi connectivity index (χ4v) is 0.797. The van der Waals surface area contributed by atoms with Gasteiger partial charge < -0.3 is 4.74 Å². The van der Waals surface area contributed by atoms with Crippen LogP contribution >= 0.6 is 0 Å². The first-order valence-electron chi connectivity index (χ1n) is 4.03. The van der Waals surface area contributed by atoms with Gasteiger partial charge in [0.1, 0.15) is 0 Å². The van der Waals surface area contributed by atoms with Gasteiger partial charge >= 0.3 is 5.97 Å². The third kappa shape index (κ3) is 7.94. The van der Waals surface area contributed by atoms with Crippen LogP contribution in [0.15, 0.2) is 12.7 Å². The number of rotatable bonds is 5. The molecule has 0 radical (unpaired) electrons. The number of ether oxygens (including phenoxy) is 1. The summed E-state index contributed by atoms with van der Waals surface area (Å²) in [7, 11) is 0. The van der Waals surface area contributed by atoms with Crippen molar-refractivity contribution in [2.45, 2.75) is 39.2 Å². The van der Waals surface area contributed by atoms with E-state index in [0.29, 0.717) is 0 Å². The number of carbonyl (C=O) groups excluding carboxylic acids is 1. The molecule has 1 atom stereocenters. The van der Waals surface area contributed by atoms with Crippen molar-refractivity contribution in [1.82, 2.24) is 0 Å². The van der Waals surface area contributed by atoms with Crippen LogP contribution in [0.2, 0.25) is 0 Å². The minimum Gasteiger partial charge on any atom is -0.460 e. The van der Waals surface area contributed by atoms with Crippen LogP contribution in [0.1, 0.15) is 33.1 Å². The first-order valence-corrected chi connectivity index (χ1v) is 4.03. The zero-order chi connectivity index (χ0) is 8.69. The molecule has 0 rings (SSSR count). The number of unbranched alkanes of at least 4 members (excludes halogenated alkanes) is 1. The van der Waals surface area contributed by atoms with Crippen molar-refractivity contribution in [2.24, 2.45) is 0 Å². The van der Waals surface area contributed by atoms with Gasteiger partial charge in [-0.1, -0.05) is 26.3 Å². The molecule has 2 nitrogen and oxygen atoms in total. The van der Waals surface area contributed by atoms with E-state index < -0.39 is 0 Å². The van der Waals surface area contributed by atoms with Gasteiger partial charge in [0.2, 0.25) is 0 Å². The van der Waals surface area contributed by atoms with Gasteiger partial charge in [-0.25, -0.2) is 4.79 Å². The molecular formula is C9H16O2Zn. The molecule has 0 aromatic heterocycles. The quantitative estimate of drug-likeness (QED) is 0.405. The van der Waals surface area contributed by atoms with Crippen molar-refractivity contribution in [1.29, 1.82) is 0 Å². The van der Waals surface area contributed by atoms with Gasteiger partial charge in [-0.3, -0.25) is 0 Å². The maximum Gasteiger partial charge on any atom is 0.330 e. The van der Waals surface area contributed by atoms with E-state index in [4.69, 9.17) is 4.74 Å². The van der Waals surface area contributed by atoms with E-state index in [1.165, 1.54) is 6.08 Å². The summed E-state index contributed by atoms with van der Waals surface area (Å²) < 4.78 is 4.94. The predicted octanol–water partition coefficient (Wildman–Crippen LogP) is 2.29. The molecule has 0 N–H and O–H groups in total. The number of esters is 1. The second kappa shape index (κ2) is 8.93. The molecule has 0 aromatic carbocycles. The van der Waals surface area contributed by atoms with Gasteiger partial charge in [-0.2, -0.15) is 0 Å². The molecule has 3 heteroatoms. The average Bonchev–Trinajstić information content (AvgIpc) is 2.00. The van der Waals surface area contributed by atoms with Crippen molar-refractivity contribution >= 4 is 5.97 Å². The summed E-state index contributed by atoms with van der Waals surface area (Å²) in [5.74, 6) is -0.325. The van der Waals surface area contributed by atoms with E-state index in [9.17, 15) is 4.79 Å². The summed E-state index contributed by atoms with van der Waals surface area (Å²) >= 11 is 0. The third-order valence-corrected chi connectivity index (χ3v) is 1.45. The summed E-state index contributed by atoms with van der Waals surface area (Å²) in [4.78, 5) is 10.6. The number of hydrogen-bond donors (Lipinski definition) is 0. The second-order valence-electron chi connectivity index (χ2n) is 2.59. The van der Waals surface area contributed by atoms with Crippen LogP contribution in [0.4, 0.5) is 0 Å². The van der Waals surface area contributed by atoms with Gasteiger partial charge in [0.25, 0.3) is 0 Å². The topological polar surface area (TPSA) is 26.3 Å². The van der Waals surface area contributed by atoms with E-state index in [1.807, 2.05) is 6.92 Å². The summed E-state index contributed by atoms with van der Waals surface area (Å²) in [6.07, 6.45) is 4.40. The minimum atomic E-state index is -0.325. The Morgan fingerprint density at radius 1 is 1.67 bits per heavy atom. The van der Waals surface area contributed by atoms with E-state index in [0.717, 1.165) is 19.3 Å². The largest absolute Gasteiger partial charge is 0.460 e. The molecule has 0 heterocycles. The van der Waals surface area contributed by atoms with Gasteiger partial charge in [-0.05, 0) is 13.3 Å².